The number of rotatable bonds is 3. The van der Waals surface area contributed by atoms with Gasteiger partial charge in [-0.3, -0.25) is 0 Å². The van der Waals surface area contributed by atoms with Crippen molar-refractivity contribution in [2.45, 2.75) is 50.5 Å². The number of nitrogens with zero attached hydrogens (tertiary/aromatic N) is 2. The first-order valence-corrected chi connectivity index (χ1v) is 8.80. The third kappa shape index (κ3) is 3.12. The minimum atomic E-state index is -3.55. The second-order valence-corrected chi connectivity index (χ2v) is 7.91. The van der Waals surface area contributed by atoms with Crippen LogP contribution < -0.4 is 0 Å². The summed E-state index contributed by atoms with van der Waals surface area (Å²) in [6.45, 7) is 3.89. The molecule has 5 heteroatoms. The topological polar surface area (TPSA) is 61.2 Å². The SMILES string of the molecule is Cc1ccc(C#N)cc1S(=O)(=O)N(C)C1CCCCC1C. The predicted octanol–water partition coefficient (Wildman–Crippen LogP) is 3.07. The van der Waals surface area contributed by atoms with Crippen LogP contribution in [0.15, 0.2) is 23.1 Å². The van der Waals surface area contributed by atoms with Gasteiger partial charge in [0.2, 0.25) is 10.0 Å². The summed E-state index contributed by atoms with van der Waals surface area (Å²) in [5, 5.41) is 8.99. The first kappa shape index (κ1) is 16.0. The van der Waals surface area contributed by atoms with Gasteiger partial charge in [0.15, 0.2) is 0 Å². The van der Waals surface area contributed by atoms with Crippen LogP contribution in [0.1, 0.15) is 43.7 Å². The Kier molecular flexibility index (Phi) is 4.70. The van der Waals surface area contributed by atoms with E-state index in [2.05, 4.69) is 6.92 Å². The molecule has 0 N–H and O–H groups in total. The van der Waals surface area contributed by atoms with Gasteiger partial charge in [-0.2, -0.15) is 9.57 Å². The highest BCUT2D eigenvalue weighted by Gasteiger charge is 2.33. The fourth-order valence-corrected chi connectivity index (χ4v) is 4.85. The van der Waals surface area contributed by atoms with Gasteiger partial charge >= 0.3 is 0 Å². The van der Waals surface area contributed by atoms with Crippen molar-refractivity contribution in [1.82, 2.24) is 4.31 Å². The molecule has 1 fully saturated rings. The number of benzene rings is 1. The van der Waals surface area contributed by atoms with E-state index in [-0.39, 0.29) is 10.9 Å². The van der Waals surface area contributed by atoms with E-state index in [0.29, 0.717) is 17.0 Å². The van der Waals surface area contributed by atoms with E-state index < -0.39 is 10.0 Å². The van der Waals surface area contributed by atoms with E-state index in [1.807, 2.05) is 6.07 Å². The Hall–Kier alpha value is -1.38. The van der Waals surface area contributed by atoms with Crippen LogP contribution >= 0.6 is 0 Å². The number of aryl methyl sites for hydroxylation is 1. The zero-order valence-corrected chi connectivity index (χ0v) is 13.7. The second kappa shape index (κ2) is 6.17. The summed E-state index contributed by atoms with van der Waals surface area (Å²) in [5.74, 6) is 0.373. The first-order chi connectivity index (χ1) is 9.87. The molecule has 0 heterocycles. The summed E-state index contributed by atoms with van der Waals surface area (Å²) in [7, 11) is -1.89. The maximum absolute atomic E-state index is 12.9. The maximum atomic E-state index is 12.9. The van der Waals surface area contributed by atoms with E-state index >= 15 is 0 Å². The molecule has 114 valence electrons. The smallest absolute Gasteiger partial charge is 0.207 e. The Labute approximate surface area is 127 Å². The van der Waals surface area contributed by atoms with Crippen molar-refractivity contribution in [3.8, 4) is 6.07 Å². The van der Waals surface area contributed by atoms with Crippen molar-refractivity contribution in [1.29, 1.82) is 5.26 Å². The van der Waals surface area contributed by atoms with Crippen molar-refractivity contribution in [3.05, 3.63) is 29.3 Å². The fraction of sp³-hybridized carbons (Fsp3) is 0.562. The van der Waals surface area contributed by atoms with Gasteiger partial charge in [0, 0.05) is 13.1 Å². The highest BCUT2D eigenvalue weighted by Crippen LogP contribution is 2.31. The number of sulfonamides is 1. The summed E-state index contributed by atoms with van der Waals surface area (Å²) >= 11 is 0. The average molecular weight is 306 g/mol. The molecule has 0 radical (unpaired) electrons. The Morgan fingerprint density at radius 3 is 2.57 bits per heavy atom. The molecule has 4 nitrogen and oxygen atoms in total. The molecule has 2 rings (SSSR count). The normalized spacial score (nSPS) is 23.0. The lowest BCUT2D eigenvalue weighted by Gasteiger charge is -2.35. The third-order valence-corrected chi connectivity index (χ3v) is 6.53. The Morgan fingerprint density at radius 2 is 1.95 bits per heavy atom. The molecule has 1 aromatic rings. The fourth-order valence-electron chi connectivity index (χ4n) is 3.12. The minimum Gasteiger partial charge on any atom is -0.207 e. The molecule has 0 aromatic heterocycles. The number of hydrogen-bond acceptors (Lipinski definition) is 3. The lowest BCUT2D eigenvalue weighted by molar-refractivity contribution is 0.213. The Balaban J connectivity index is 2.39. The summed E-state index contributed by atoms with van der Waals surface area (Å²) < 4.78 is 27.3. The summed E-state index contributed by atoms with van der Waals surface area (Å²) in [6, 6.07) is 6.89. The molecule has 2 atom stereocenters. The molecule has 1 saturated carbocycles. The highest BCUT2D eigenvalue weighted by atomic mass is 32.2. The van der Waals surface area contributed by atoms with Crippen molar-refractivity contribution in [2.24, 2.45) is 5.92 Å². The monoisotopic (exact) mass is 306 g/mol. The van der Waals surface area contributed by atoms with E-state index in [1.165, 1.54) is 16.8 Å². The van der Waals surface area contributed by atoms with Crippen molar-refractivity contribution in [2.75, 3.05) is 7.05 Å². The van der Waals surface area contributed by atoms with Crippen molar-refractivity contribution < 1.29 is 8.42 Å². The molecular formula is C16H22N2O2S. The van der Waals surface area contributed by atoms with Crippen LogP contribution in [-0.2, 0) is 10.0 Å². The molecule has 0 bridgehead atoms. The number of hydrogen-bond donors (Lipinski definition) is 0. The lowest BCUT2D eigenvalue weighted by atomic mass is 9.86. The van der Waals surface area contributed by atoms with E-state index in [4.69, 9.17) is 5.26 Å². The predicted molar refractivity (Wildman–Crippen MR) is 82.3 cm³/mol. The largest absolute Gasteiger partial charge is 0.243 e. The molecule has 0 spiro atoms. The van der Waals surface area contributed by atoms with Crippen molar-refractivity contribution >= 4 is 10.0 Å². The van der Waals surface area contributed by atoms with Crippen LogP contribution in [0.2, 0.25) is 0 Å². The zero-order valence-electron chi connectivity index (χ0n) is 12.8. The summed E-state index contributed by atoms with van der Waals surface area (Å²) in [4.78, 5) is 0.252. The van der Waals surface area contributed by atoms with Gasteiger partial charge in [-0.1, -0.05) is 25.8 Å². The Morgan fingerprint density at radius 1 is 1.29 bits per heavy atom. The first-order valence-electron chi connectivity index (χ1n) is 7.36. The third-order valence-electron chi connectivity index (χ3n) is 4.51. The van der Waals surface area contributed by atoms with Crippen LogP contribution in [0.25, 0.3) is 0 Å². The summed E-state index contributed by atoms with van der Waals surface area (Å²) in [5.41, 5.74) is 1.06. The van der Waals surface area contributed by atoms with Gasteiger partial charge in [0.25, 0.3) is 0 Å². The maximum Gasteiger partial charge on any atom is 0.243 e. The van der Waals surface area contributed by atoms with E-state index in [9.17, 15) is 8.42 Å². The van der Waals surface area contributed by atoms with Crippen LogP contribution in [-0.4, -0.2) is 25.8 Å². The molecule has 0 aliphatic heterocycles. The van der Waals surface area contributed by atoms with Crippen molar-refractivity contribution in [3.63, 3.8) is 0 Å². The summed E-state index contributed by atoms with van der Waals surface area (Å²) in [6.07, 6.45) is 4.23. The van der Waals surface area contributed by atoms with Gasteiger partial charge in [0.05, 0.1) is 16.5 Å². The number of nitriles is 1. The minimum absolute atomic E-state index is 0.0499. The molecular weight excluding hydrogens is 284 g/mol. The van der Waals surface area contributed by atoms with Gasteiger partial charge in [-0.25, -0.2) is 8.42 Å². The molecule has 0 saturated heterocycles. The van der Waals surface area contributed by atoms with Crippen LogP contribution in [0, 0.1) is 24.2 Å². The van der Waals surface area contributed by atoms with Crippen LogP contribution in [0.3, 0.4) is 0 Å². The van der Waals surface area contributed by atoms with Gasteiger partial charge in [-0.05, 0) is 43.4 Å². The van der Waals surface area contributed by atoms with Gasteiger partial charge < -0.3 is 0 Å². The molecule has 1 aliphatic rings. The zero-order chi connectivity index (χ0) is 15.6. The standard InChI is InChI=1S/C16H22N2O2S/c1-12-6-4-5-7-15(12)18(3)21(19,20)16-10-14(11-17)9-8-13(16)2/h8-10,12,15H,4-7H2,1-3H3. The molecule has 0 amide bonds. The molecule has 1 aliphatic carbocycles. The molecule has 2 unspecified atom stereocenters. The molecule has 21 heavy (non-hydrogen) atoms. The van der Waals surface area contributed by atoms with Crippen LogP contribution in [0.4, 0.5) is 0 Å². The lowest BCUT2D eigenvalue weighted by Crippen LogP contribution is -2.42. The second-order valence-electron chi connectivity index (χ2n) is 5.94. The van der Waals surface area contributed by atoms with Crippen LogP contribution in [0.5, 0.6) is 0 Å². The Bertz CT molecular complexity index is 661. The quantitative estimate of drug-likeness (QED) is 0.862. The van der Waals surface area contributed by atoms with Gasteiger partial charge in [0.1, 0.15) is 0 Å². The van der Waals surface area contributed by atoms with E-state index in [0.717, 1.165) is 19.3 Å². The van der Waals surface area contributed by atoms with Gasteiger partial charge in [-0.15, -0.1) is 0 Å². The molecule has 1 aromatic carbocycles. The van der Waals surface area contributed by atoms with E-state index in [1.54, 1.807) is 26.1 Å². The highest BCUT2D eigenvalue weighted by molar-refractivity contribution is 7.89. The average Bonchev–Trinajstić information content (AvgIpc) is 2.47.